The Morgan fingerprint density at radius 3 is 2.52 bits per heavy atom. The molecule has 1 unspecified atom stereocenters. The number of nitrogens with two attached hydrogens (primary N) is 1. The number of benzene rings is 3. The zero-order chi connectivity index (χ0) is 19.1. The standard InChI is InChI=1S/C21H18BrNO4/c1-25-18-8-11(7-16(22)21(18)26-2)14-10-19(23)27-20-13-6-4-3-5-12(13)17(24)9-15(14)20/h3-10,14,24H,23H2,1-2H3. The molecule has 138 valence electrons. The SMILES string of the molecule is COc1cc(C2C=C(N)Oc3c2cc(O)c2ccccc32)cc(Br)c1OC. The molecule has 0 fully saturated rings. The lowest BCUT2D eigenvalue weighted by Gasteiger charge is -2.26. The average molecular weight is 428 g/mol. The number of allylic oxidation sites excluding steroid dienone is 1. The Morgan fingerprint density at radius 1 is 1.07 bits per heavy atom. The van der Waals surface area contributed by atoms with Crippen LogP contribution in [0.5, 0.6) is 23.0 Å². The molecule has 3 N–H and O–H groups in total. The van der Waals surface area contributed by atoms with Gasteiger partial charge in [-0.25, -0.2) is 0 Å². The zero-order valence-corrected chi connectivity index (χ0v) is 16.4. The van der Waals surface area contributed by atoms with Crippen LogP contribution in [0.3, 0.4) is 0 Å². The molecule has 0 aliphatic carbocycles. The van der Waals surface area contributed by atoms with Crippen molar-refractivity contribution in [3.8, 4) is 23.0 Å². The van der Waals surface area contributed by atoms with Gasteiger partial charge in [0.2, 0.25) is 0 Å². The minimum atomic E-state index is -0.208. The minimum Gasteiger partial charge on any atom is -0.507 e. The second-order valence-corrected chi connectivity index (χ2v) is 7.10. The lowest BCUT2D eigenvalue weighted by molar-refractivity contribution is 0.352. The van der Waals surface area contributed by atoms with E-state index in [9.17, 15) is 5.11 Å². The summed E-state index contributed by atoms with van der Waals surface area (Å²) in [7, 11) is 3.18. The van der Waals surface area contributed by atoms with E-state index in [1.54, 1.807) is 20.3 Å². The molecule has 0 bridgehead atoms. The minimum absolute atomic E-state index is 0.200. The normalized spacial score (nSPS) is 15.7. The molecule has 5 nitrogen and oxygen atoms in total. The summed E-state index contributed by atoms with van der Waals surface area (Å²) >= 11 is 3.54. The van der Waals surface area contributed by atoms with Gasteiger partial charge in [0.15, 0.2) is 17.4 Å². The quantitative estimate of drug-likeness (QED) is 0.636. The Morgan fingerprint density at radius 2 is 1.81 bits per heavy atom. The Kier molecular flexibility index (Phi) is 4.36. The predicted octanol–water partition coefficient (Wildman–Crippen LogP) is 4.65. The van der Waals surface area contributed by atoms with E-state index in [0.717, 1.165) is 26.4 Å². The van der Waals surface area contributed by atoms with Crippen molar-refractivity contribution in [1.82, 2.24) is 0 Å². The van der Waals surface area contributed by atoms with Crippen LogP contribution >= 0.6 is 15.9 Å². The summed E-state index contributed by atoms with van der Waals surface area (Å²) in [6.07, 6.45) is 1.82. The molecule has 0 spiro atoms. The van der Waals surface area contributed by atoms with Crippen molar-refractivity contribution in [2.45, 2.75) is 5.92 Å². The monoisotopic (exact) mass is 427 g/mol. The fourth-order valence-corrected chi connectivity index (χ4v) is 4.12. The van der Waals surface area contributed by atoms with Crippen LogP contribution in [-0.2, 0) is 0 Å². The number of halogens is 1. The van der Waals surface area contributed by atoms with E-state index in [1.807, 2.05) is 42.5 Å². The van der Waals surface area contributed by atoms with E-state index >= 15 is 0 Å². The number of rotatable bonds is 3. The lowest BCUT2D eigenvalue weighted by Crippen LogP contribution is -2.16. The first kappa shape index (κ1) is 17.5. The van der Waals surface area contributed by atoms with Crippen LogP contribution in [0.1, 0.15) is 17.0 Å². The molecule has 0 saturated carbocycles. The summed E-state index contributed by atoms with van der Waals surface area (Å²) < 4.78 is 17.5. The van der Waals surface area contributed by atoms with Gasteiger partial charge in [0.25, 0.3) is 0 Å². The van der Waals surface area contributed by atoms with Crippen molar-refractivity contribution >= 4 is 26.7 Å². The van der Waals surface area contributed by atoms with Gasteiger partial charge in [-0.1, -0.05) is 24.3 Å². The summed E-state index contributed by atoms with van der Waals surface area (Å²) in [5, 5.41) is 12.1. The average Bonchev–Trinajstić information content (AvgIpc) is 2.67. The van der Waals surface area contributed by atoms with E-state index in [2.05, 4.69) is 15.9 Å². The molecule has 0 radical (unpaired) electrons. The Balaban J connectivity index is 1.96. The molecular formula is C21H18BrNO4. The lowest BCUT2D eigenvalue weighted by atomic mass is 9.87. The highest BCUT2D eigenvalue weighted by atomic mass is 79.9. The smallest absolute Gasteiger partial charge is 0.187 e. The third kappa shape index (κ3) is 2.86. The van der Waals surface area contributed by atoms with Gasteiger partial charge < -0.3 is 25.1 Å². The number of aromatic hydroxyl groups is 1. The first-order valence-electron chi connectivity index (χ1n) is 8.34. The van der Waals surface area contributed by atoms with Crippen LogP contribution in [0.25, 0.3) is 10.8 Å². The first-order valence-corrected chi connectivity index (χ1v) is 9.14. The van der Waals surface area contributed by atoms with E-state index in [-0.39, 0.29) is 11.7 Å². The van der Waals surface area contributed by atoms with Gasteiger partial charge in [-0.15, -0.1) is 0 Å². The number of methoxy groups -OCH3 is 2. The zero-order valence-electron chi connectivity index (χ0n) is 14.8. The van der Waals surface area contributed by atoms with E-state index in [1.165, 1.54) is 0 Å². The van der Waals surface area contributed by atoms with Crippen LogP contribution in [0.4, 0.5) is 0 Å². The third-order valence-electron chi connectivity index (χ3n) is 4.70. The summed E-state index contributed by atoms with van der Waals surface area (Å²) in [5.74, 6) is 2.18. The maximum absolute atomic E-state index is 10.5. The Hall–Kier alpha value is -2.86. The molecule has 1 aliphatic heterocycles. The van der Waals surface area contributed by atoms with Crippen molar-refractivity contribution in [1.29, 1.82) is 0 Å². The molecule has 6 heteroatoms. The second kappa shape index (κ2) is 6.70. The molecule has 1 aliphatic rings. The summed E-state index contributed by atoms with van der Waals surface area (Å²) in [6.45, 7) is 0. The van der Waals surface area contributed by atoms with E-state index in [0.29, 0.717) is 23.1 Å². The van der Waals surface area contributed by atoms with Gasteiger partial charge in [0.1, 0.15) is 11.5 Å². The van der Waals surface area contributed by atoms with Gasteiger partial charge in [-0.2, -0.15) is 0 Å². The summed E-state index contributed by atoms with van der Waals surface area (Å²) in [5.41, 5.74) is 7.84. The third-order valence-corrected chi connectivity index (χ3v) is 5.29. The fourth-order valence-electron chi connectivity index (χ4n) is 3.49. The molecule has 0 aromatic heterocycles. The van der Waals surface area contributed by atoms with Crippen molar-refractivity contribution in [3.05, 3.63) is 70.0 Å². The molecule has 0 saturated heterocycles. The topological polar surface area (TPSA) is 73.9 Å². The highest BCUT2D eigenvalue weighted by molar-refractivity contribution is 9.10. The highest BCUT2D eigenvalue weighted by Gasteiger charge is 2.27. The van der Waals surface area contributed by atoms with Crippen LogP contribution < -0.4 is 19.9 Å². The molecule has 4 rings (SSSR count). The molecule has 3 aromatic carbocycles. The molecule has 1 atom stereocenters. The first-order chi connectivity index (χ1) is 13.0. The van der Waals surface area contributed by atoms with Crippen LogP contribution in [0, 0.1) is 0 Å². The van der Waals surface area contributed by atoms with Gasteiger partial charge in [0.05, 0.1) is 18.7 Å². The number of fused-ring (bicyclic) bond motifs is 3. The highest BCUT2D eigenvalue weighted by Crippen LogP contribution is 2.47. The van der Waals surface area contributed by atoms with E-state index in [4.69, 9.17) is 19.9 Å². The van der Waals surface area contributed by atoms with Crippen LogP contribution in [0.15, 0.2) is 58.9 Å². The number of phenolic OH excluding ortho intramolecular Hbond substituents is 1. The van der Waals surface area contributed by atoms with Crippen molar-refractivity contribution in [3.63, 3.8) is 0 Å². The van der Waals surface area contributed by atoms with Crippen molar-refractivity contribution in [2.75, 3.05) is 14.2 Å². The number of ether oxygens (including phenoxy) is 3. The number of phenols is 1. The van der Waals surface area contributed by atoms with Gasteiger partial charge >= 0.3 is 0 Å². The summed E-state index contributed by atoms with van der Waals surface area (Å²) in [4.78, 5) is 0. The van der Waals surface area contributed by atoms with Crippen molar-refractivity contribution in [2.24, 2.45) is 5.73 Å². The second-order valence-electron chi connectivity index (χ2n) is 6.25. The Labute approximate surface area is 165 Å². The largest absolute Gasteiger partial charge is 0.507 e. The van der Waals surface area contributed by atoms with Gasteiger partial charge in [-0.05, 0) is 45.8 Å². The number of hydrogen-bond donors (Lipinski definition) is 2. The molecule has 27 heavy (non-hydrogen) atoms. The summed E-state index contributed by atoms with van der Waals surface area (Å²) in [6, 6.07) is 13.1. The van der Waals surface area contributed by atoms with E-state index < -0.39 is 0 Å². The maximum Gasteiger partial charge on any atom is 0.187 e. The molecular weight excluding hydrogens is 410 g/mol. The number of hydrogen-bond acceptors (Lipinski definition) is 5. The maximum atomic E-state index is 10.5. The van der Waals surface area contributed by atoms with Crippen LogP contribution in [0.2, 0.25) is 0 Å². The van der Waals surface area contributed by atoms with Gasteiger partial charge in [-0.3, -0.25) is 0 Å². The van der Waals surface area contributed by atoms with Crippen molar-refractivity contribution < 1.29 is 19.3 Å². The molecule has 1 heterocycles. The molecule has 0 amide bonds. The van der Waals surface area contributed by atoms with Gasteiger partial charge in [0, 0.05) is 22.3 Å². The fraction of sp³-hybridized carbons (Fsp3) is 0.143. The Bertz CT molecular complexity index is 1080. The molecule has 3 aromatic rings. The van der Waals surface area contributed by atoms with Crippen LogP contribution in [-0.4, -0.2) is 19.3 Å². The predicted molar refractivity (Wildman–Crippen MR) is 108 cm³/mol.